The second-order valence-electron chi connectivity index (χ2n) is 6.14. The lowest BCUT2D eigenvalue weighted by Gasteiger charge is -2.21. The van der Waals surface area contributed by atoms with Gasteiger partial charge >= 0.3 is 5.97 Å². The highest BCUT2D eigenvalue weighted by Gasteiger charge is 2.24. The van der Waals surface area contributed by atoms with Crippen LogP contribution in [-0.2, 0) is 11.3 Å². The van der Waals surface area contributed by atoms with Crippen LogP contribution in [0.15, 0.2) is 11.1 Å². The molecule has 1 aliphatic rings. The van der Waals surface area contributed by atoms with Gasteiger partial charge in [0.15, 0.2) is 0 Å². The van der Waals surface area contributed by atoms with E-state index in [0.29, 0.717) is 27.2 Å². The Labute approximate surface area is 139 Å². The maximum absolute atomic E-state index is 12.5. The molecule has 2 aromatic rings. The van der Waals surface area contributed by atoms with E-state index in [2.05, 4.69) is 4.98 Å². The number of aryl methyl sites for hydroxylation is 2. The van der Waals surface area contributed by atoms with E-state index in [1.54, 1.807) is 10.9 Å². The number of esters is 1. The van der Waals surface area contributed by atoms with Crippen molar-refractivity contribution < 1.29 is 9.53 Å². The molecular formula is C17H22N2O3S. The number of hydrogen-bond donors (Lipinski definition) is 0. The van der Waals surface area contributed by atoms with Crippen LogP contribution in [0.3, 0.4) is 0 Å². The van der Waals surface area contributed by atoms with E-state index in [4.69, 9.17) is 4.74 Å². The maximum atomic E-state index is 12.5. The number of rotatable bonds is 4. The number of fused-ring (bicyclic) bond motifs is 1. The first-order chi connectivity index (χ1) is 11.1. The predicted molar refractivity (Wildman–Crippen MR) is 91.2 cm³/mol. The lowest BCUT2D eigenvalue weighted by atomic mass is 9.98. The second kappa shape index (κ2) is 6.83. The number of carbonyl (C=O) groups is 1. The zero-order chi connectivity index (χ0) is 16.4. The number of thiophene rings is 1. The normalized spacial score (nSPS) is 15.9. The summed E-state index contributed by atoms with van der Waals surface area (Å²) in [4.78, 5) is 30.5. The van der Waals surface area contributed by atoms with Gasteiger partial charge in [0, 0.05) is 6.54 Å². The summed E-state index contributed by atoms with van der Waals surface area (Å²) in [7, 11) is 0. The van der Waals surface area contributed by atoms with Crippen molar-refractivity contribution >= 4 is 27.5 Å². The number of carbonyl (C=O) groups excluding carboxylic acids is 1. The van der Waals surface area contributed by atoms with E-state index in [1.807, 2.05) is 13.8 Å². The van der Waals surface area contributed by atoms with Gasteiger partial charge in [-0.3, -0.25) is 9.36 Å². The largest absolute Gasteiger partial charge is 0.458 e. The van der Waals surface area contributed by atoms with Gasteiger partial charge in [-0.25, -0.2) is 9.78 Å². The standard InChI is InChI=1S/C17H22N2O3S/c1-3-9-19-10-18-15-13(16(19)20)11(2)14(23-15)17(21)22-12-7-5-4-6-8-12/h10,12H,3-9H2,1-2H3. The van der Waals surface area contributed by atoms with Gasteiger partial charge in [-0.05, 0) is 44.6 Å². The molecule has 3 rings (SSSR count). The Kier molecular flexibility index (Phi) is 4.80. The fraction of sp³-hybridized carbons (Fsp3) is 0.588. The first-order valence-electron chi connectivity index (χ1n) is 8.31. The number of ether oxygens (including phenoxy) is 1. The van der Waals surface area contributed by atoms with Crippen molar-refractivity contribution in [3.8, 4) is 0 Å². The van der Waals surface area contributed by atoms with Gasteiger partial charge in [0.1, 0.15) is 15.8 Å². The first-order valence-corrected chi connectivity index (χ1v) is 9.13. The molecular weight excluding hydrogens is 312 g/mol. The molecule has 2 heterocycles. The molecule has 5 nitrogen and oxygen atoms in total. The molecule has 0 unspecified atom stereocenters. The zero-order valence-electron chi connectivity index (χ0n) is 13.6. The summed E-state index contributed by atoms with van der Waals surface area (Å²) in [6.45, 7) is 4.47. The van der Waals surface area contributed by atoms with Crippen molar-refractivity contribution in [1.29, 1.82) is 0 Å². The highest BCUT2D eigenvalue weighted by atomic mass is 32.1. The van der Waals surface area contributed by atoms with Crippen LogP contribution in [0.25, 0.3) is 10.2 Å². The van der Waals surface area contributed by atoms with Crippen molar-refractivity contribution in [2.75, 3.05) is 0 Å². The molecule has 1 fully saturated rings. The topological polar surface area (TPSA) is 61.2 Å². The molecule has 0 bridgehead atoms. The molecule has 1 aliphatic carbocycles. The molecule has 0 spiro atoms. The number of aromatic nitrogens is 2. The second-order valence-corrected chi connectivity index (χ2v) is 7.14. The molecule has 0 aromatic carbocycles. The Bertz CT molecular complexity index is 772. The molecule has 0 atom stereocenters. The van der Waals surface area contributed by atoms with Gasteiger partial charge in [-0.15, -0.1) is 11.3 Å². The highest BCUT2D eigenvalue weighted by molar-refractivity contribution is 7.20. The third-order valence-electron chi connectivity index (χ3n) is 4.39. The van der Waals surface area contributed by atoms with Crippen LogP contribution in [0.4, 0.5) is 0 Å². The summed E-state index contributed by atoms with van der Waals surface area (Å²) in [5.41, 5.74) is 0.635. The summed E-state index contributed by atoms with van der Waals surface area (Å²) < 4.78 is 7.25. The molecule has 23 heavy (non-hydrogen) atoms. The van der Waals surface area contributed by atoms with Gasteiger partial charge in [0.25, 0.3) is 5.56 Å². The van der Waals surface area contributed by atoms with Crippen LogP contribution in [0, 0.1) is 6.92 Å². The summed E-state index contributed by atoms with van der Waals surface area (Å²) >= 11 is 1.26. The Hall–Kier alpha value is -1.69. The fourth-order valence-corrected chi connectivity index (χ4v) is 4.16. The van der Waals surface area contributed by atoms with Crippen molar-refractivity contribution in [2.24, 2.45) is 0 Å². The highest BCUT2D eigenvalue weighted by Crippen LogP contribution is 2.29. The number of hydrogen-bond acceptors (Lipinski definition) is 5. The van der Waals surface area contributed by atoms with E-state index in [-0.39, 0.29) is 17.6 Å². The van der Waals surface area contributed by atoms with Gasteiger partial charge in [-0.1, -0.05) is 13.3 Å². The third-order valence-corrected chi connectivity index (χ3v) is 5.57. The van der Waals surface area contributed by atoms with Crippen LogP contribution in [0.2, 0.25) is 0 Å². The predicted octanol–water partition coefficient (Wildman–Crippen LogP) is 3.67. The van der Waals surface area contributed by atoms with Crippen molar-refractivity contribution in [3.05, 3.63) is 27.1 Å². The van der Waals surface area contributed by atoms with Gasteiger partial charge in [0.05, 0.1) is 11.7 Å². The fourth-order valence-electron chi connectivity index (χ4n) is 3.14. The van der Waals surface area contributed by atoms with Crippen LogP contribution in [0.1, 0.15) is 60.7 Å². The van der Waals surface area contributed by atoms with Crippen LogP contribution in [-0.4, -0.2) is 21.6 Å². The Balaban J connectivity index is 1.92. The lowest BCUT2D eigenvalue weighted by Crippen LogP contribution is -2.21. The van der Waals surface area contributed by atoms with Crippen molar-refractivity contribution in [1.82, 2.24) is 9.55 Å². The van der Waals surface area contributed by atoms with Gasteiger partial charge in [0.2, 0.25) is 0 Å². The summed E-state index contributed by atoms with van der Waals surface area (Å²) in [5, 5.41) is 0.557. The molecule has 0 aliphatic heterocycles. The molecule has 2 aromatic heterocycles. The Morgan fingerprint density at radius 2 is 2.13 bits per heavy atom. The molecule has 0 amide bonds. The molecule has 6 heteroatoms. The average Bonchev–Trinajstić information content (AvgIpc) is 2.89. The first kappa shape index (κ1) is 16.2. The minimum atomic E-state index is -0.307. The quantitative estimate of drug-likeness (QED) is 0.801. The van der Waals surface area contributed by atoms with Gasteiger partial charge in [-0.2, -0.15) is 0 Å². The molecule has 0 N–H and O–H groups in total. The Morgan fingerprint density at radius 3 is 2.83 bits per heavy atom. The average molecular weight is 334 g/mol. The van der Waals surface area contributed by atoms with Crippen molar-refractivity contribution in [2.45, 2.75) is 65.0 Å². The number of nitrogens with zero attached hydrogens (tertiary/aromatic N) is 2. The minimum Gasteiger partial charge on any atom is -0.458 e. The monoisotopic (exact) mass is 334 g/mol. The lowest BCUT2D eigenvalue weighted by molar-refractivity contribution is 0.0216. The van der Waals surface area contributed by atoms with Crippen molar-refractivity contribution in [3.63, 3.8) is 0 Å². The van der Waals surface area contributed by atoms with Crippen LogP contribution < -0.4 is 5.56 Å². The van der Waals surface area contributed by atoms with E-state index in [1.165, 1.54) is 17.8 Å². The summed E-state index contributed by atoms with van der Waals surface area (Å²) in [5.74, 6) is -0.307. The molecule has 1 saturated carbocycles. The summed E-state index contributed by atoms with van der Waals surface area (Å²) in [6.07, 6.45) is 7.79. The zero-order valence-corrected chi connectivity index (χ0v) is 14.4. The SMILES string of the molecule is CCCn1cnc2sc(C(=O)OC3CCCCC3)c(C)c2c1=O. The van der Waals surface area contributed by atoms with Gasteiger partial charge < -0.3 is 4.74 Å². The van der Waals surface area contributed by atoms with Crippen LogP contribution in [0.5, 0.6) is 0 Å². The minimum absolute atomic E-state index is 0.0190. The smallest absolute Gasteiger partial charge is 0.348 e. The van der Waals surface area contributed by atoms with E-state index >= 15 is 0 Å². The molecule has 0 saturated heterocycles. The van der Waals surface area contributed by atoms with E-state index < -0.39 is 0 Å². The van der Waals surface area contributed by atoms with E-state index in [9.17, 15) is 9.59 Å². The van der Waals surface area contributed by atoms with Crippen LogP contribution >= 0.6 is 11.3 Å². The Morgan fingerprint density at radius 1 is 1.39 bits per heavy atom. The molecule has 124 valence electrons. The third kappa shape index (κ3) is 3.17. The van der Waals surface area contributed by atoms with E-state index in [0.717, 1.165) is 32.1 Å². The summed E-state index contributed by atoms with van der Waals surface area (Å²) in [6, 6.07) is 0. The maximum Gasteiger partial charge on any atom is 0.348 e. The molecule has 0 radical (unpaired) electrons.